The SMILES string of the molecule is O=C(c1ccc([N+](=O)[O-])o1)N(CCC[NH+]1CCOCC1)c1nc2ccccc2s1. The number of fused-ring (bicyclic) bond motifs is 1. The number of anilines is 1. The highest BCUT2D eigenvalue weighted by Gasteiger charge is 2.26. The maximum atomic E-state index is 13.1. The van der Waals surface area contributed by atoms with E-state index in [-0.39, 0.29) is 5.76 Å². The molecule has 0 saturated carbocycles. The maximum absolute atomic E-state index is 13.1. The molecule has 1 aromatic carbocycles. The van der Waals surface area contributed by atoms with Crippen molar-refractivity contribution in [2.24, 2.45) is 0 Å². The van der Waals surface area contributed by atoms with Crippen molar-refractivity contribution in [1.29, 1.82) is 0 Å². The largest absolute Gasteiger partial charge is 0.433 e. The number of benzene rings is 1. The summed E-state index contributed by atoms with van der Waals surface area (Å²) in [6, 6.07) is 10.2. The fourth-order valence-corrected chi connectivity index (χ4v) is 4.32. The fraction of sp³-hybridized carbons (Fsp3) is 0.368. The Balaban J connectivity index is 1.55. The van der Waals surface area contributed by atoms with E-state index >= 15 is 0 Å². The van der Waals surface area contributed by atoms with Gasteiger partial charge in [-0.25, -0.2) is 4.98 Å². The molecule has 0 bridgehead atoms. The van der Waals surface area contributed by atoms with Crippen molar-refractivity contribution in [3.8, 4) is 0 Å². The second-order valence-electron chi connectivity index (χ2n) is 6.78. The van der Waals surface area contributed by atoms with Crippen LogP contribution in [0.5, 0.6) is 0 Å². The van der Waals surface area contributed by atoms with Gasteiger partial charge in [0.15, 0.2) is 10.9 Å². The third-order valence-corrected chi connectivity index (χ3v) is 5.91. The molecule has 1 amide bonds. The number of carbonyl (C=O) groups is 1. The number of furan rings is 1. The summed E-state index contributed by atoms with van der Waals surface area (Å²) >= 11 is 1.42. The number of hydrogen-bond acceptors (Lipinski definition) is 7. The van der Waals surface area contributed by atoms with Gasteiger partial charge in [-0.05, 0) is 18.2 Å². The average Bonchev–Trinajstić information content (AvgIpc) is 3.39. The summed E-state index contributed by atoms with van der Waals surface area (Å²) in [5, 5.41) is 11.5. The first-order valence-corrected chi connectivity index (χ1v) is 10.3. The van der Waals surface area contributed by atoms with Crippen LogP contribution in [0, 0.1) is 10.1 Å². The molecular formula is C19H21N4O5S+. The van der Waals surface area contributed by atoms with Gasteiger partial charge in [-0.1, -0.05) is 23.5 Å². The van der Waals surface area contributed by atoms with Crippen LogP contribution < -0.4 is 9.80 Å². The molecule has 0 spiro atoms. The summed E-state index contributed by atoms with van der Waals surface area (Å²) in [5.74, 6) is -0.931. The van der Waals surface area contributed by atoms with Crippen LogP contribution in [-0.2, 0) is 4.74 Å². The number of aromatic nitrogens is 1. The topological polar surface area (TPSA) is 103 Å². The van der Waals surface area contributed by atoms with Gasteiger partial charge in [0.1, 0.15) is 18.0 Å². The Hall–Kier alpha value is -2.82. The molecule has 29 heavy (non-hydrogen) atoms. The van der Waals surface area contributed by atoms with Gasteiger partial charge in [-0.3, -0.25) is 19.8 Å². The summed E-state index contributed by atoms with van der Waals surface area (Å²) in [5.41, 5.74) is 0.814. The summed E-state index contributed by atoms with van der Waals surface area (Å²) in [6.07, 6.45) is 0.778. The zero-order valence-corrected chi connectivity index (χ0v) is 16.5. The molecule has 0 atom stereocenters. The molecule has 1 saturated heterocycles. The van der Waals surface area contributed by atoms with E-state index < -0.39 is 16.7 Å². The van der Waals surface area contributed by atoms with Gasteiger partial charge in [0, 0.05) is 13.0 Å². The zero-order valence-electron chi connectivity index (χ0n) is 15.7. The molecule has 152 valence electrons. The second kappa shape index (κ2) is 8.68. The molecule has 0 aliphatic carbocycles. The smallest absolute Gasteiger partial charge is 0.395 e. The minimum absolute atomic E-state index is 0.0605. The van der Waals surface area contributed by atoms with Crippen molar-refractivity contribution in [3.05, 3.63) is 52.3 Å². The first-order chi connectivity index (χ1) is 14.1. The second-order valence-corrected chi connectivity index (χ2v) is 7.79. The highest BCUT2D eigenvalue weighted by Crippen LogP contribution is 2.30. The van der Waals surface area contributed by atoms with Crippen LogP contribution in [-0.4, -0.2) is 55.2 Å². The lowest BCUT2D eigenvalue weighted by Gasteiger charge is -2.25. The molecule has 2 aromatic heterocycles. The fourth-order valence-electron chi connectivity index (χ4n) is 3.33. The number of morpholine rings is 1. The van der Waals surface area contributed by atoms with Crippen molar-refractivity contribution in [2.45, 2.75) is 6.42 Å². The quantitative estimate of drug-likeness (QED) is 0.464. The Labute approximate surface area is 170 Å². The van der Waals surface area contributed by atoms with E-state index in [1.54, 1.807) is 4.90 Å². The Morgan fingerprint density at radius 1 is 1.24 bits per heavy atom. The molecule has 4 rings (SSSR count). The van der Waals surface area contributed by atoms with Crippen molar-refractivity contribution < 1.29 is 23.8 Å². The predicted molar refractivity (Wildman–Crippen MR) is 108 cm³/mol. The number of rotatable bonds is 7. The van der Waals surface area contributed by atoms with E-state index in [1.165, 1.54) is 28.4 Å². The number of nitro groups is 1. The maximum Gasteiger partial charge on any atom is 0.433 e. The van der Waals surface area contributed by atoms with Crippen LogP contribution in [0.25, 0.3) is 10.2 Å². The van der Waals surface area contributed by atoms with Crippen LogP contribution in [0.3, 0.4) is 0 Å². The van der Waals surface area contributed by atoms with Crippen molar-refractivity contribution >= 4 is 38.5 Å². The summed E-state index contributed by atoms with van der Waals surface area (Å²) < 4.78 is 11.5. The minimum atomic E-state index is -0.652. The number of nitrogens with one attached hydrogen (secondary N) is 1. The monoisotopic (exact) mass is 417 g/mol. The van der Waals surface area contributed by atoms with Crippen LogP contribution in [0.4, 0.5) is 11.0 Å². The Morgan fingerprint density at radius 3 is 2.76 bits per heavy atom. The molecule has 0 unspecified atom stereocenters. The Bertz CT molecular complexity index is 978. The van der Waals surface area contributed by atoms with Crippen molar-refractivity contribution in [1.82, 2.24) is 4.98 Å². The summed E-state index contributed by atoms with van der Waals surface area (Å²) in [6.45, 7) is 4.80. The summed E-state index contributed by atoms with van der Waals surface area (Å²) in [7, 11) is 0. The predicted octanol–water partition coefficient (Wildman–Crippen LogP) is 1.75. The number of nitrogens with zero attached hydrogens (tertiary/aromatic N) is 3. The lowest BCUT2D eigenvalue weighted by atomic mass is 10.3. The lowest BCUT2D eigenvalue weighted by molar-refractivity contribution is -0.908. The van der Waals surface area contributed by atoms with Gasteiger partial charge in [0.2, 0.25) is 0 Å². The van der Waals surface area contributed by atoms with Crippen LogP contribution in [0.15, 0.2) is 40.8 Å². The van der Waals surface area contributed by atoms with Gasteiger partial charge < -0.3 is 14.1 Å². The number of para-hydroxylation sites is 1. The molecule has 3 aromatic rings. The van der Waals surface area contributed by atoms with Crippen LogP contribution in [0.1, 0.15) is 17.0 Å². The molecule has 1 aliphatic heterocycles. The van der Waals surface area contributed by atoms with E-state index in [9.17, 15) is 14.9 Å². The molecule has 3 heterocycles. The number of ether oxygens (including phenoxy) is 1. The molecular weight excluding hydrogens is 396 g/mol. The number of quaternary nitrogens is 1. The Kier molecular flexibility index (Phi) is 5.84. The van der Waals surface area contributed by atoms with Crippen LogP contribution >= 0.6 is 11.3 Å². The number of thiazole rings is 1. The first kappa shape index (κ1) is 19.5. The lowest BCUT2D eigenvalue weighted by Crippen LogP contribution is -3.14. The summed E-state index contributed by atoms with van der Waals surface area (Å²) in [4.78, 5) is 30.9. The highest BCUT2D eigenvalue weighted by atomic mass is 32.1. The molecule has 0 radical (unpaired) electrons. The molecule has 1 aliphatic rings. The first-order valence-electron chi connectivity index (χ1n) is 9.45. The zero-order chi connectivity index (χ0) is 20.2. The van der Waals surface area contributed by atoms with E-state index in [1.807, 2.05) is 24.3 Å². The molecule has 1 fully saturated rings. The van der Waals surface area contributed by atoms with Crippen molar-refractivity contribution in [3.63, 3.8) is 0 Å². The molecule has 1 N–H and O–H groups in total. The standard InChI is InChI=1S/C19H20N4O5S/c24-18(15-6-7-17(28-15)23(25)26)22(9-3-8-21-10-12-27-13-11-21)19-20-14-4-1-2-5-16(14)29-19/h1-2,4-7H,3,8-13H2/p+1. The third kappa shape index (κ3) is 4.44. The third-order valence-electron chi connectivity index (χ3n) is 4.85. The molecule has 9 nitrogen and oxygen atoms in total. The van der Waals surface area contributed by atoms with Gasteiger partial charge in [0.05, 0.1) is 36.0 Å². The van der Waals surface area contributed by atoms with E-state index in [0.717, 1.165) is 49.5 Å². The van der Waals surface area contributed by atoms with E-state index in [0.29, 0.717) is 11.7 Å². The average molecular weight is 417 g/mol. The highest BCUT2D eigenvalue weighted by molar-refractivity contribution is 7.22. The number of hydrogen-bond donors (Lipinski definition) is 1. The number of carbonyl (C=O) groups excluding carboxylic acids is 1. The van der Waals surface area contributed by atoms with Gasteiger partial charge in [0.25, 0.3) is 5.91 Å². The van der Waals surface area contributed by atoms with Crippen molar-refractivity contribution in [2.75, 3.05) is 44.3 Å². The molecule has 10 heteroatoms. The van der Waals surface area contributed by atoms with E-state index in [4.69, 9.17) is 9.15 Å². The van der Waals surface area contributed by atoms with Gasteiger partial charge >= 0.3 is 5.88 Å². The minimum Gasteiger partial charge on any atom is -0.395 e. The van der Waals surface area contributed by atoms with Gasteiger partial charge in [-0.2, -0.15) is 0 Å². The number of amides is 1. The van der Waals surface area contributed by atoms with Crippen LogP contribution in [0.2, 0.25) is 0 Å². The normalized spacial score (nSPS) is 14.9. The van der Waals surface area contributed by atoms with Gasteiger partial charge in [-0.15, -0.1) is 0 Å². The Morgan fingerprint density at radius 2 is 2.03 bits per heavy atom. The van der Waals surface area contributed by atoms with E-state index in [2.05, 4.69) is 4.98 Å².